The molecule has 0 bridgehead atoms. The van der Waals surface area contributed by atoms with Gasteiger partial charge in [0.05, 0.1) is 16.8 Å². The van der Waals surface area contributed by atoms with Gasteiger partial charge in [-0.05, 0) is 32.4 Å². The number of aryl methyl sites for hydroxylation is 1. The zero-order chi connectivity index (χ0) is 22.3. The van der Waals surface area contributed by atoms with E-state index in [1.807, 2.05) is 38.1 Å². The predicted octanol–water partition coefficient (Wildman–Crippen LogP) is 2.10. The van der Waals surface area contributed by atoms with E-state index < -0.39 is 0 Å². The number of thioether (sulfide) groups is 1. The maximum Gasteiger partial charge on any atom is 0.261 e. The molecule has 0 aliphatic carbocycles. The number of hydrogen-bond donors (Lipinski definition) is 4. The molecule has 12 heteroatoms. The second kappa shape index (κ2) is 10.3. The van der Waals surface area contributed by atoms with E-state index in [0.29, 0.717) is 42.5 Å². The van der Waals surface area contributed by atoms with Gasteiger partial charge >= 0.3 is 0 Å². The number of aromatic nitrogens is 7. The molecule has 0 radical (unpaired) electrons. The van der Waals surface area contributed by atoms with Crippen LogP contribution in [0.25, 0.3) is 16.8 Å². The first kappa shape index (κ1) is 21.8. The number of benzene rings is 1. The Morgan fingerprint density at radius 3 is 2.75 bits per heavy atom. The minimum Gasteiger partial charge on any atom is -0.355 e. The highest BCUT2D eigenvalue weighted by Gasteiger charge is 2.15. The lowest BCUT2D eigenvalue weighted by Crippen LogP contribution is -2.26. The Morgan fingerprint density at radius 1 is 1.09 bits per heavy atom. The second-order valence-corrected chi connectivity index (χ2v) is 7.93. The summed E-state index contributed by atoms with van der Waals surface area (Å²) in [6, 6.07) is 7.94. The first-order valence-electron chi connectivity index (χ1n) is 10.6. The number of nitrogens with zero attached hydrogens (tertiary/aromatic N) is 6. The summed E-state index contributed by atoms with van der Waals surface area (Å²) in [6.07, 6.45) is 1.57. The van der Waals surface area contributed by atoms with E-state index in [2.05, 4.69) is 46.1 Å². The molecular formula is C20H26N10OS. The van der Waals surface area contributed by atoms with Crippen molar-refractivity contribution in [2.24, 2.45) is 0 Å². The maximum atomic E-state index is 12.3. The monoisotopic (exact) mass is 454 g/mol. The Hall–Kier alpha value is -3.41. The van der Waals surface area contributed by atoms with Crippen molar-refractivity contribution >= 4 is 46.4 Å². The molecule has 0 atom stereocenters. The van der Waals surface area contributed by atoms with Crippen LogP contribution in [0.15, 0.2) is 29.4 Å². The van der Waals surface area contributed by atoms with Gasteiger partial charge in [0.2, 0.25) is 17.8 Å². The van der Waals surface area contributed by atoms with Crippen LogP contribution in [-0.4, -0.2) is 65.8 Å². The molecule has 0 unspecified atom stereocenters. The first-order valence-corrected chi connectivity index (χ1v) is 11.6. The number of para-hydroxylation sites is 2. The van der Waals surface area contributed by atoms with Gasteiger partial charge in [-0.3, -0.25) is 4.79 Å². The van der Waals surface area contributed by atoms with Gasteiger partial charge in [-0.1, -0.05) is 23.9 Å². The summed E-state index contributed by atoms with van der Waals surface area (Å²) in [5, 5.41) is 18.1. The first-order chi connectivity index (χ1) is 15.7. The molecular weight excluding hydrogens is 428 g/mol. The SMILES string of the molecule is CCNc1nc(NCC)n2c(SCC(=O)NCCCc3nc4ccccc4[nH]3)nnc2n1. The van der Waals surface area contributed by atoms with Crippen LogP contribution in [-0.2, 0) is 11.2 Å². The Morgan fingerprint density at radius 2 is 1.94 bits per heavy atom. The second-order valence-electron chi connectivity index (χ2n) is 6.99. The minimum absolute atomic E-state index is 0.0634. The Bertz CT molecular complexity index is 1170. The largest absolute Gasteiger partial charge is 0.355 e. The maximum absolute atomic E-state index is 12.3. The fourth-order valence-corrected chi connectivity index (χ4v) is 3.94. The Balaban J connectivity index is 1.29. The summed E-state index contributed by atoms with van der Waals surface area (Å²) in [5.74, 6) is 2.60. The third-order valence-electron chi connectivity index (χ3n) is 4.60. The highest BCUT2D eigenvalue weighted by Crippen LogP contribution is 2.20. The lowest BCUT2D eigenvalue weighted by Gasteiger charge is -2.09. The summed E-state index contributed by atoms with van der Waals surface area (Å²) >= 11 is 1.30. The molecule has 1 amide bonds. The van der Waals surface area contributed by atoms with Crippen LogP contribution < -0.4 is 16.0 Å². The molecule has 1 aromatic carbocycles. The van der Waals surface area contributed by atoms with E-state index in [9.17, 15) is 4.79 Å². The smallest absolute Gasteiger partial charge is 0.261 e. The molecule has 0 aliphatic heterocycles. The summed E-state index contributed by atoms with van der Waals surface area (Å²) in [5.41, 5.74) is 1.99. The zero-order valence-corrected chi connectivity index (χ0v) is 18.9. The van der Waals surface area contributed by atoms with E-state index in [-0.39, 0.29) is 11.7 Å². The van der Waals surface area contributed by atoms with Crippen molar-refractivity contribution in [1.82, 2.24) is 39.9 Å². The van der Waals surface area contributed by atoms with Crippen LogP contribution in [0.4, 0.5) is 11.9 Å². The predicted molar refractivity (Wildman–Crippen MR) is 125 cm³/mol. The molecule has 168 valence electrons. The summed E-state index contributed by atoms with van der Waals surface area (Å²) in [7, 11) is 0. The van der Waals surface area contributed by atoms with Crippen molar-refractivity contribution < 1.29 is 4.79 Å². The number of anilines is 2. The van der Waals surface area contributed by atoms with Crippen LogP contribution in [0.1, 0.15) is 26.1 Å². The van der Waals surface area contributed by atoms with Crippen molar-refractivity contribution in [2.75, 3.05) is 36.0 Å². The number of fused-ring (bicyclic) bond motifs is 2. The minimum atomic E-state index is -0.0634. The number of carbonyl (C=O) groups excluding carboxylic acids is 1. The molecule has 11 nitrogen and oxygen atoms in total. The van der Waals surface area contributed by atoms with Crippen molar-refractivity contribution in [2.45, 2.75) is 31.8 Å². The summed E-state index contributed by atoms with van der Waals surface area (Å²) in [4.78, 5) is 29.0. The fraction of sp³-hybridized carbons (Fsp3) is 0.400. The van der Waals surface area contributed by atoms with Gasteiger partial charge in [-0.25, -0.2) is 9.38 Å². The lowest BCUT2D eigenvalue weighted by atomic mass is 10.3. The zero-order valence-electron chi connectivity index (χ0n) is 18.1. The number of nitrogens with one attached hydrogen (secondary N) is 4. The van der Waals surface area contributed by atoms with E-state index in [1.165, 1.54) is 11.8 Å². The molecule has 4 aromatic rings. The molecule has 3 aromatic heterocycles. The molecule has 0 aliphatic rings. The van der Waals surface area contributed by atoms with Crippen LogP contribution in [0.3, 0.4) is 0 Å². The van der Waals surface area contributed by atoms with Crippen LogP contribution >= 0.6 is 11.8 Å². The molecule has 0 saturated carbocycles. The number of aromatic amines is 1. The third-order valence-corrected chi connectivity index (χ3v) is 5.53. The number of hydrogen-bond acceptors (Lipinski definition) is 9. The molecule has 32 heavy (non-hydrogen) atoms. The average Bonchev–Trinajstić information content (AvgIpc) is 3.39. The third kappa shape index (κ3) is 5.07. The van der Waals surface area contributed by atoms with Gasteiger partial charge in [-0.15, -0.1) is 10.2 Å². The van der Waals surface area contributed by atoms with E-state index in [0.717, 1.165) is 29.7 Å². The van der Waals surface area contributed by atoms with Gasteiger partial charge < -0.3 is 20.9 Å². The molecule has 0 saturated heterocycles. The van der Waals surface area contributed by atoms with Crippen LogP contribution in [0.5, 0.6) is 0 Å². The lowest BCUT2D eigenvalue weighted by molar-refractivity contribution is -0.118. The van der Waals surface area contributed by atoms with Crippen molar-refractivity contribution in [3.05, 3.63) is 30.1 Å². The molecule has 0 spiro atoms. The fourth-order valence-electron chi connectivity index (χ4n) is 3.19. The van der Waals surface area contributed by atoms with E-state index >= 15 is 0 Å². The standard InChI is InChI=1S/C20H26N10OS/c1-3-21-17-26-18(22-4-2)30-19(27-17)28-29-20(30)32-12-16(31)23-11-7-10-15-24-13-8-5-6-9-14(13)25-15/h5-6,8-9H,3-4,7,10-12H2,1-2H3,(H,23,31)(H,24,25)(H2,21,22,26,27,28). The number of imidazole rings is 1. The van der Waals surface area contributed by atoms with Gasteiger partial charge in [-0.2, -0.15) is 9.97 Å². The van der Waals surface area contributed by atoms with Crippen molar-refractivity contribution in [1.29, 1.82) is 0 Å². The average molecular weight is 455 g/mol. The number of amides is 1. The van der Waals surface area contributed by atoms with Crippen LogP contribution in [0.2, 0.25) is 0 Å². The molecule has 4 rings (SSSR count). The highest BCUT2D eigenvalue weighted by molar-refractivity contribution is 7.99. The highest BCUT2D eigenvalue weighted by atomic mass is 32.2. The Labute approximate surface area is 189 Å². The number of rotatable bonds is 11. The van der Waals surface area contributed by atoms with Crippen molar-refractivity contribution in [3.8, 4) is 0 Å². The van der Waals surface area contributed by atoms with E-state index in [4.69, 9.17) is 0 Å². The number of H-pyrrole nitrogens is 1. The molecule has 0 fully saturated rings. The number of carbonyl (C=O) groups is 1. The molecule has 4 N–H and O–H groups in total. The van der Waals surface area contributed by atoms with Crippen LogP contribution in [0, 0.1) is 0 Å². The van der Waals surface area contributed by atoms with Gasteiger partial charge in [0.1, 0.15) is 5.82 Å². The van der Waals surface area contributed by atoms with Gasteiger partial charge in [0.15, 0.2) is 5.16 Å². The van der Waals surface area contributed by atoms with Crippen molar-refractivity contribution in [3.63, 3.8) is 0 Å². The van der Waals surface area contributed by atoms with Gasteiger partial charge in [0, 0.05) is 26.1 Å². The Kier molecular flexibility index (Phi) is 7.00. The van der Waals surface area contributed by atoms with Gasteiger partial charge in [0.25, 0.3) is 5.78 Å². The van der Waals surface area contributed by atoms with E-state index in [1.54, 1.807) is 4.40 Å². The summed E-state index contributed by atoms with van der Waals surface area (Å²) < 4.78 is 1.73. The normalized spacial score (nSPS) is 11.2. The quantitative estimate of drug-likeness (QED) is 0.198. The molecule has 3 heterocycles. The summed E-state index contributed by atoms with van der Waals surface area (Å²) in [6.45, 7) is 5.92. The topological polar surface area (TPSA) is 138 Å².